The van der Waals surface area contributed by atoms with Crippen LogP contribution in [0.25, 0.3) is 21.9 Å². The average molecular weight is 434 g/mol. The fourth-order valence-corrected chi connectivity index (χ4v) is 4.09. The molecule has 3 aromatic heterocycles. The second-order valence-electron chi connectivity index (χ2n) is 9.16. The van der Waals surface area contributed by atoms with Gasteiger partial charge in [-0.3, -0.25) is 14.7 Å². The number of nitrogen functional groups attached to an aromatic ring is 1. The average Bonchev–Trinajstić information content (AvgIpc) is 3.20. The second-order valence-corrected chi connectivity index (χ2v) is 9.16. The van der Waals surface area contributed by atoms with Gasteiger partial charge >= 0.3 is 0 Å². The lowest BCUT2D eigenvalue weighted by atomic mass is 10.1. The molecule has 1 aromatic carbocycles. The van der Waals surface area contributed by atoms with E-state index >= 15 is 0 Å². The molecule has 166 valence electrons. The number of nitrogens with one attached hydrogen (secondary N) is 1. The summed E-state index contributed by atoms with van der Waals surface area (Å²) >= 11 is 0. The summed E-state index contributed by atoms with van der Waals surface area (Å²) in [7, 11) is 0. The molecular weight excluding hydrogens is 406 g/mol. The van der Waals surface area contributed by atoms with Crippen LogP contribution in [0, 0.1) is 0 Å². The first-order valence-electron chi connectivity index (χ1n) is 10.8. The number of hydrogen-bond donors (Lipinski definition) is 2. The molecule has 10 nitrogen and oxygen atoms in total. The number of aromatic amines is 1. The van der Waals surface area contributed by atoms with Crippen molar-refractivity contribution < 1.29 is 0 Å². The molecule has 10 heteroatoms. The Balaban J connectivity index is 1.33. The number of anilines is 2. The van der Waals surface area contributed by atoms with Crippen molar-refractivity contribution in [2.24, 2.45) is 0 Å². The zero-order valence-corrected chi connectivity index (χ0v) is 18.5. The normalized spacial score (nSPS) is 15.7. The summed E-state index contributed by atoms with van der Waals surface area (Å²) in [6.45, 7) is 9.84. The third-order valence-corrected chi connectivity index (χ3v) is 5.78. The van der Waals surface area contributed by atoms with Crippen molar-refractivity contribution >= 4 is 33.7 Å². The van der Waals surface area contributed by atoms with Gasteiger partial charge in [0.05, 0.1) is 23.8 Å². The molecule has 1 fully saturated rings. The van der Waals surface area contributed by atoms with E-state index in [1.165, 1.54) is 0 Å². The topological polar surface area (TPSA) is 122 Å². The Morgan fingerprint density at radius 1 is 1.03 bits per heavy atom. The van der Waals surface area contributed by atoms with Gasteiger partial charge in [0.2, 0.25) is 5.95 Å². The molecule has 1 aliphatic heterocycles. The molecular formula is C22H27N9O. The van der Waals surface area contributed by atoms with Crippen LogP contribution in [-0.2, 0) is 12.1 Å². The van der Waals surface area contributed by atoms with E-state index in [-0.39, 0.29) is 11.1 Å². The van der Waals surface area contributed by atoms with Crippen LogP contribution < -0.4 is 16.2 Å². The van der Waals surface area contributed by atoms with E-state index in [9.17, 15) is 4.79 Å². The Kier molecular flexibility index (Phi) is 4.81. The lowest BCUT2D eigenvalue weighted by molar-refractivity contribution is 0.243. The number of H-pyrrole nitrogens is 1. The highest BCUT2D eigenvalue weighted by molar-refractivity contribution is 5.87. The van der Waals surface area contributed by atoms with Crippen molar-refractivity contribution in [1.29, 1.82) is 0 Å². The Labute approximate surface area is 185 Å². The van der Waals surface area contributed by atoms with E-state index in [2.05, 4.69) is 29.9 Å². The first-order chi connectivity index (χ1) is 15.3. The van der Waals surface area contributed by atoms with Gasteiger partial charge in [-0.1, -0.05) is 12.1 Å². The summed E-state index contributed by atoms with van der Waals surface area (Å²) in [5, 5.41) is 5.77. The SMILES string of the molecule is CC(C)(C)n1ncc2c(=O)[nH]c(N3CCN(Cc4nc(N)c5ccccc5n4)CC3)nc21. The van der Waals surface area contributed by atoms with Gasteiger partial charge in [0.1, 0.15) is 17.0 Å². The molecule has 0 bridgehead atoms. The van der Waals surface area contributed by atoms with Crippen molar-refractivity contribution in [3.63, 3.8) is 0 Å². The molecule has 0 saturated carbocycles. The monoisotopic (exact) mass is 433 g/mol. The summed E-state index contributed by atoms with van der Waals surface area (Å²) in [5.74, 6) is 1.81. The van der Waals surface area contributed by atoms with Crippen LogP contribution in [0.5, 0.6) is 0 Å². The van der Waals surface area contributed by atoms with Crippen LogP contribution in [-0.4, -0.2) is 60.8 Å². The highest BCUT2D eigenvalue weighted by atomic mass is 16.1. The van der Waals surface area contributed by atoms with E-state index < -0.39 is 0 Å². The van der Waals surface area contributed by atoms with Crippen LogP contribution in [0.4, 0.5) is 11.8 Å². The van der Waals surface area contributed by atoms with Crippen molar-refractivity contribution in [2.75, 3.05) is 36.8 Å². The maximum atomic E-state index is 12.6. The zero-order valence-electron chi connectivity index (χ0n) is 18.5. The van der Waals surface area contributed by atoms with Crippen molar-refractivity contribution in [3.05, 3.63) is 46.6 Å². The van der Waals surface area contributed by atoms with Gasteiger partial charge in [-0.15, -0.1) is 0 Å². The van der Waals surface area contributed by atoms with Gasteiger partial charge in [-0.2, -0.15) is 10.1 Å². The fourth-order valence-electron chi connectivity index (χ4n) is 4.09. The van der Waals surface area contributed by atoms with Crippen LogP contribution >= 0.6 is 0 Å². The van der Waals surface area contributed by atoms with Crippen LogP contribution in [0.15, 0.2) is 35.3 Å². The number of hydrogen-bond acceptors (Lipinski definition) is 8. The third-order valence-electron chi connectivity index (χ3n) is 5.78. The number of nitrogens with zero attached hydrogens (tertiary/aromatic N) is 7. The van der Waals surface area contributed by atoms with Crippen LogP contribution in [0.1, 0.15) is 26.6 Å². The highest BCUT2D eigenvalue weighted by Crippen LogP contribution is 2.21. The van der Waals surface area contributed by atoms with Crippen LogP contribution in [0.2, 0.25) is 0 Å². The quantitative estimate of drug-likeness (QED) is 0.501. The van der Waals surface area contributed by atoms with Gasteiger partial charge < -0.3 is 10.6 Å². The van der Waals surface area contributed by atoms with E-state index in [1.807, 2.05) is 45.0 Å². The van der Waals surface area contributed by atoms with Gasteiger partial charge in [0.25, 0.3) is 5.56 Å². The summed E-state index contributed by atoms with van der Waals surface area (Å²) < 4.78 is 1.80. The molecule has 3 N–H and O–H groups in total. The van der Waals surface area contributed by atoms with Gasteiger partial charge in [-0.05, 0) is 32.9 Å². The Bertz CT molecular complexity index is 1340. The van der Waals surface area contributed by atoms with Gasteiger partial charge in [-0.25, -0.2) is 14.6 Å². The molecule has 1 aliphatic rings. The standard InChI is InChI=1S/C22H27N9O/c1-22(2,3)31-19-15(12-24-31)20(32)28-21(27-19)30-10-8-29(9-11-30)13-17-25-16-7-5-4-6-14(16)18(23)26-17/h4-7,12H,8-11,13H2,1-3H3,(H2,23,25,26)(H,27,28,32). The van der Waals surface area contributed by atoms with Gasteiger partial charge in [0.15, 0.2) is 5.65 Å². The number of para-hydroxylation sites is 1. The van der Waals surface area contributed by atoms with E-state index in [4.69, 9.17) is 10.7 Å². The van der Waals surface area contributed by atoms with E-state index in [0.29, 0.717) is 29.3 Å². The number of aromatic nitrogens is 6. The summed E-state index contributed by atoms with van der Waals surface area (Å²) in [6, 6.07) is 7.78. The fraction of sp³-hybridized carbons (Fsp3) is 0.409. The lowest BCUT2D eigenvalue weighted by Crippen LogP contribution is -2.47. The number of nitrogens with two attached hydrogens (primary N) is 1. The number of rotatable bonds is 3. The minimum atomic E-state index is -0.264. The largest absolute Gasteiger partial charge is 0.383 e. The van der Waals surface area contributed by atoms with Crippen molar-refractivity contribution in [2.45, 2.75) is 32.9 Å². The van der Waals surface area contributed by atoms with Crippen molar-refractivity contribution in [3.8, 4) is 0 Å². The predicted molar refractivity (Wildman–Crippen MR) is 125 cm³/mol. The third kappa shape index (κ3) is 3.66. The molecule has 0 radical (unpaired) electrons. The molecule has 0 amide bonds. The Hall–Kier alpha value is -3.53. The first kappa shape index (κ1) is 20.4. The van der Waals surface area contributed by atoms with Gasteiger partial charge in [0, 0.05) is 31.6 Å². The predicted octanol–water partition coefficient (Wildman–Crippen LogP) is 1.72. The molecule has 4 heterocycles. The molecule has 5 rings (SSSR count). The summed E-state index contributed by atoms with van der Waals surface area (Å²) in [6.07, 6.45) is 1.59. The first-order valence-corrected chi connectivity index (χ1v) is 10.8. The maximum Gasteiger partial charge on any atom is 0.263 e. The Morgan fingerprint density at radius 2 is 1.78 bits per heavy atom. The molecule has 0 atom stereocenters. The summed E-state index contributed by atoms with van der Waals surface area (Å²) in [5.41, 5.74) is 7.17. The highest BCUT2D eigenvalue weighted by Gasteiger charge is 2.24. The second kappa shape index (κ2) is 7.56. The number of benzene rings is 1. The molecule has 0 unspecified atom stereocenters. The maximum absolute atomic E-state index is 12.6. The Morgan fingerprint density at radius 3 is 2.53 bits per heavy atom. The molecule has 1 saturated heterocycles. The molecule has 32 heavy (non-hydrogen) atoms. The molecule has 4 aromatic rings. The van der Waals surface area contributed by atoms with Crippen molar-refractivity contribution in [1.82, 2.24) is 34.6 Å². The van der Waals surface area contributed by atoms with E-state index in [0.717, 1.165) is 42.9 Å². The number of piperazine rings is 1. The molecule has 0 aliphatic carbocycles. The molecule has 0 spiro atoms. The smallest absolute Gasteiger partial charge is 0.263 e. The lowest BCUT2D eigenvalue weighted by Gasteiger charge is -2.34. The zero-order chi connectivity index (χ0) is 22.5. The minimum Gasteiger partial charge on any atom is -0.383 e. The summed E-state index contributed by atoms with van der Waals surface area (Å²) in [4.78, 5) is 33.8. The van der Waals surface area contributed by atoms with Crippen LogP contribution in [0.3, 0.4) is 0 Å². The number of fused-ring (bicyclic) bond motifs is 2. The minimum absolute atomic E-state index is 0.164. The van der Waals surface area contributed by atoms with E-state index in [1.54, 1.807) is 10.9 Å².